The summed E-state index contributed by atoms with van der Waals surface area (Å²) in [5, 5.41) is 15.2. The van der Waals surface area contributed by atoms with Gasteiger partial charge in [-0.1, -0.05) is 0 Å². The molecule has 5 N–H and O–H groups in total. The van der Waals surface area contributed by atoms with Crippen molar-refractivity contribution in [3.63, 3.8) is 0 Å². The van der Waals surface area contributed by atoms with Crippen LogP contribution in [0.1, 0.15) is 30.7 Å². The van der Waals surface area contributed by atoms with E-state index < -0.39 is 0 Å². The molecule has 1 fully saturated rings. The third kappa shape index (κ3) is 4.77. The van der Waals surface area contributed by atoms with E-state index in [4.69, 9.17) is 10.8 Å². The van der Waals surface area contributed by atoms with Crippen molar-refractivity contribution in [3.05, 3.63) is 17.8 Å². The Morgan fingerprint density at radius 3 is 3.00 bits per heavy atom. The largest absolute Gasteiger partial charge is 0.395 e. The zero-order valence-electron chi connectivity index (χ0n) is 12.4. The predicted octanol–water partition coefficient (Wildman–Crippen LogP) is 0.805. The highest BCUT2D eigenvalue weighted by atomic mass is 16.3. The molecular weight excluding hydrogens is 266 g/mol. The van der Waals surface area contributed by atoms with E-state index in [0.717, 1.165) is 44.6 Å². The number of nitrogens with one attached hydrogen (secondary N) is 2. The van der Waals surface area contributed by atoms with Crippen molar-refractivity contribution in [1.82, 2.24) is 15.6 Å². The summed E-state index contributed by atoms with van der Waals surface area (Å²) >= 11 is 0. The molecular formula is C15H25N5O. The third-order valence-electron chi connectivity index (χ3n) is 3.72. The number of rotatable bonds is 7. The van der Waals surface area contributed by atoms with Gasteiger partial charge in [0.2, 0.25) is 0 Å². The summed E-state index contributed by atoms with van der Waals surface area (Å²) in [5.74, 6) is 1.02. The maximum absolute atomic E-state index is 8.69. The van der Waals surface area contributed by atoms with E-state index in [1.807, 2.05) is 12.3 Å². The Kier molecular flexibility index (Phi) is 6.59. The number of pyridine rings is 1. The summed E-state index contributed by atoms with van der Waals surface area (Å²) in [5.41, 5.74) is 8.04. The van der Waals surface area contributed by atoms with E-state index in [1.165, 1.54) is 5.56 Å². The minimum absolute atomic E-state index is 0.159. The average Bonchev–Trinajstić information content (AvgIpc) is 2.53. The number of aliphatic hydroxyl groups excluding tert-OH is 1. The van der Waals surface area contributed by atoms with Crippen molar-refractivity contribution in [2.45, 2.75) is 25.2 Å². The van der Waals surface area contributed by atoms with Gasteiger partial charge in [0.05, 0.1) is 6.61 Å². The number of nitrogens with zero attached hydrogens (tertiary/aromatic N) is 2. The normalized spacial score (nSPS) is 16.6. The molecule has 0 radical (unpaired) electrons. The molecule has 0 aliphatic carbocycles. The second-order valence-electron chi connectivity index (χ2n) is 5.23. The van der Waals surface area contributed by atoms with Crippen molar-refractivity contribution in [2.24, 2.45) is 4.99 Å². The van der Waals surface area contributed by atoms with Crippen LogP contribution in [0.15, 0.2) is 17.3 Å². The molecule has 1 aromatic heterocycles. The summed E-state index contributed by atoms with van der Waals surface area (Å²) in [6, 6.07) is 2.04. The van der Waals surface area contributed by atoms with Crippen LogP contribution in [0.25, 0.3) is 0 Å². The first kappa shape index (κ1) is 15.9. The molecule has 2 heterocycles. The Morgan fingerprint density at radius 1 is 1.43 bits per heavy atom. The second-order valence-corrected chi connectivity index (χ2v) is 5.23. The van der Waals surface area contributed by atoms with Gasteiger partial charge in [0.1, 0.15) is 11.5 Å². The fourth-order valence-electron chi connectivity index (χ4n) is 2.62. The highest BCUT2D eigenvalue weighted by Gasteiger charge is 2.19. The van der Waals surface area contributed by atoms with E-state index in [9.17, 15) is 0 Å². The van der Waals surface area contributed by atoms with Crippen LogP contribution in [0.5, 0.6) is 0 Å². The Balaban J connectivity index is 2.01. The molecule has 1 aliphatic heterocycles. The molecule has 0 spiro atoms. The fraction of sp³-hybridized carbons (Fsp3) is 0.600. The van der Waals surface area contributed by atoms with E-state index in [0.29, 0.717) is 18.3 Å². The van der Waals surface area contributed by atoms with Crippen molar-refractivity contribution >= 4 is 17.7 Å². The average molecular weight is 291 g/mol. The predicted molar refractivity (Wildman–Crippen MR) is 86.2 cm³/mol. The number of hydrogen-bond donors (Lipinski definition) is 4. The molecule has 6 nitrogen and oxygen atoms in total. The van der Waals surface area contributed by atoms with Crippen LogP contribution in [-0.2, 0) is 0 Å². The first-order valence-electron chi connectivity index (χ1n) is 7.62. The molecule has 1 aliphatic rings. The monoisotopic (exact) mass is 291 g/mol. The maximum atomic E-state index is 8.69. The molecule has 0 unspecified atom stereocenters. The molecule has 0 saturated carbocycles. The van der Waals surface area contributed by atoms with Crippen LogP contribution < -0.4 is 16.4 Å². The standard InChI is InChI=1S/C15H25N5O/c16-15-14(19-6-1-5-17-10-11-21)13(4-9-20-15)12-2-7-18-8-3-12/h4,6,9,12,17-18,21H,1-3,5,7-8,10-11H2,(H2,16,20). The smallest absolute Gasteiger partial charge is 0.149 e. The number of aliphatic imine (C=N–C) groups is 1. The van der Waals surface area contributed by atoms with Crippen molar-refractivity contribution in [1.29, 1.82) is 0 Å². The Morgan fingerprint density at radius 2 is 2.24 bits per heavy atom. The Bertz CT molecular complexity index is 457. The summed E-state index contributed by atoms with van der Waals surface area (Å²) in [7, 11) is 0. The van der Waals surface area contributed by atoms with E-state index >= 15 is 0 Å². The SMILES string of the molecule is Nc1nccc(C2CCNCC2)c1N=CCCNCCO. The van der Waals surface area contributed by atoms with Gasteiger partial charge in [0, 0.05) is 25.5 Å². The lowest BCUT2D eigenvalue weighted by Crippen LogP contribution is -2.26. The zero-order valence-corrected chi connectivity index (χ0v) is 12.4. The number of anilines is 1. The van der Waals surface area contributed by atoms with Gasteiger partial charge in [-0.3, -0.25) is 4.99 Å². The van der Waals surface area contributed by atoms with Crippen molar-refractivity contribution < 1.29 is 5.11 Å². The van der Waals surface area contributed by atoms with Crippen LogP contribution in [0.3, 0.4) is 0 Å². The van der Waals surface area contributed by atoms with Gasteiger partial charge in [-0.05, 0) is 49.9 Å². The van der Waals surface area contributed by atoms with Crippen LogP contribution in [0.4, 0.5) is 11.5 Å². The first-order chi connectivity index (χ1) is 10.3. The van der Waals surface area contributed by atoms with Crippen molar-refractivity contribution in [3.8, 4) is 0 Å². The number of hydrogen-bond acceptors (Lipinski definition) is 6. The topological polar surface area (TPSA) is 95.6 Å². The lowest BCUT2D eigenvalue weighted by Gasteiger charge is -2.24. The van der Waals surface area contributed by atoms with E-state index in [1.54, 1.807) is 6.20 Å². The highest BCUT2D eigenvalue weighted by molar-refractivity contribution is 5.71. The number of aromatic nitrogens is 1. The molecule has 21 heavy (non-hydrogen) atoms. The maximum Gasteiger partial charge on any atom is 0.149 e. The highest BCUT2D eigenvalue weighted by Crippen LogP contribution is 2.35. The molecule has 0 amide bonds. The van der Waals surface area contributed by atoms with Gasteiger partial charge >= 0.3 is 0 Å². The van der Waals surface area contributed by atoms with E-state index in [-0.39, 0.29) is 6.61 Å². The Labute approximate surface area is 125 Å². The van der Waals surface area contributed by atoms with E-state index in [2.05, 4.69) is 20.6 Å². The molecule has 116 valence electrons. The summed E-state index contributed by atoms with van der Waals surface area (Å²) in [4.78, 5) is 8.71. The number of nitrogens with two attached hydrogens (primary N) is 1. The second kappa shape index (κ2) is 8.71. The van der Waals surface area contributed by atoms with Crippen LogP contribution >= 0.6 is 0 Å². The van der Waals surface area contributed by atoms with Gasteiger partial charge < -0.3 is 21.5 Å². The number of nitrogen functional groups attached to an aromatic ring is 1. The summed E-state index contributed by atoms with van der Waals surface area (Å²) in [6.45, 7) is 3.66. The van der Waals surface area contributed by atoms with Gasteiger partial charge in [0.15, 0.2) is 0 Å². The minimum atomic E-state index is 0.159. The number of aliphatic hydroxyl groups is 1. The molecule has 1 aromatic rings. The Hall–Kier alpha value is -1.50. The molecule has 0 aromatic carbocycles. The van der Waals surface area contributed by atoms with Crippen LogP contribution in [0, 0.1) is 0 Å². The molecule has 2 rings (SSSR count). The lowest BCUT2D eigenvalue weighted by molar-refractivity contribution is 0.293. The van der Waals surface area contributed by atoms with Gasteiger partial charge in [0.25, 0.3) is 0 Å². The summed E-state index contributed by atoms with van der Waals surface area (Å²) < 4.78 is 0. The van der Waals surface area contributed by atoms with Gasteiger partial charge in [-0.15, -0.1) is 0 Å². The quantitative estimate of drug-likeness (QED) is 0.440. The van der Waals surface area contributed by atoms with Gasteiger partial charge in [-0.2, -0.15) is 0 Å². The summed E-state index contributed by atoms with van der Waals surface area (Å²) in [6.07, 6.45) is 6.69. The minimum Gasteiger partial charge on any atom is -0.395 e. The van der Waals surface area contributed by atoms with Gasteiger partial charge in [-0.25, -0.2) is 4.98 Å². The zero-order chi connectivity index (χ0) is 14.9. The van der Waals surface area contributed by atoms with Crippen molar-refractivity contribution in [2.75, 3.05) is 38.5 Å². The molecule has 6 heteroatoms. The molecule has 0 atom stereocenters. The number of piperidine rings is 1. The molecule has 1 saturated heterocycles. The lowest BCUT2D eigenvalue weighted by atomic mass is 9.89. The molecule has 0 bridgehead atoms. The first-order valence-corrected chi connectivity index (χ1v) is 7.62. The van der Waals surface area contributed by atoms with Crippen LogP contribution in [0.2, 0.25) is 0 Å². The van der Waals surface area contributed by atoms with Crippen LogP contribution in [-0.4, -0.2) is 49.1 Å². The fourth-order valence-corrected chi connectivity index (χ4v) is 2.62. The third-order valence-corrected chi connectivity index (χ3v) is 3.72.